The van der Waals surface area contributed by atoms with Gasteiger partial charge in [0.2, 0.25) is 0 Å². The molecule has 2 aromatic rings. The quantitative estimate of drug-likeness (QED) is 0.746. The molecule has 1 aromatic carbocycles. The molecule has 0 saturated heterocycles. The maximum Gasteiger partial charge on any atom is 0.253 e. The van der Waals surface area contributed by atoms with E-state index in [2.05, 4.69) is 15.7 Å². The molecule has 21 heavy (non-hydrogen) atoms. The van der Waals surface area contributed by atoms with Crippen molar-refractivity contribution in [3.05, 3.63) is 40.7 Å². The van der Waals surface area contributed by atoms with E-state index in [-0.39, 0.29) is 5.91 Å². The summed E-state index contributed by atoms with van der Waals surface area (Å²) in [6.07, 6.45) is 0. The summed E-state index contributed by atoms with van der Waals surface area (Å²) in [5.41, 5.74) is 10.9. The van der Waals surface area contributed by atoms with Gasteiger partial charge in [-0.3, -0.25) is 9.48 Å². The van der Waals surface area contributed by atoms with Gasteiger partial charge in [0.25, 0.3) is 5.91 Å². The fourth-order valence-electron chi connectivity index (χ4n) is 2.30. The Morgan fingerprint density at radius 2 is 2.10 bits per heavy atom. The van der Waals surface area contributed by atoms with E-state index < -0.39 is 0 Å². The Hall–Kier alpha value is -2.50. The van der Waals surface area contributed by atoms with Crippen LogP contribution in [0.15, 0.2) is 18.2 Å². The summed E-state index contributed by atoms with van der Waals surface area (Å²) in [6, 6.07) is 5.21. The minimum absolute atomic E-state index is 0.142. The van der Waals surface area contributed by atoms with Gasteiger partial charge in [-0.15, -0.1) is 0 Å². The summed E-state index contributed by atoms with van der Waals surface area (Å²) in [6.45, 7) is 4.60. The number of nitrogens with one attached hydrogen (secondary N) is 2. The second-order valence-corrected chi connectivity index (χ2v) is 5.01. The number of nitrogens with two attached hydrogens (primary N) is 1. The lowest BCUT2D eigenvalue weighted by Crippen LogP contribution is -2.20. The van der Waals surface area contributed by atoms with Crippen LogP contribution in [0.5, 0.6) is 0 Å². The summed E-state index contributed by atoms with van der Waals surface area (Å²) in [5.74, 6) is -0.142. The molecule has 6 heteroatoms. The standard InChI is InChI=1S/C15H21N5O/c1-9-13(10(2)20(4)19-9)8-18-14-7-11(16)5-6-12(14)15(21)17-3/h5-7,18H,8,16H2,1-4H3,(H,17,21). The van der Waals surface area contributed by atoms with Crippen molar-refractivity contribution in [2.45, 2.75) is 20.4 Å². The molecule has 0 aliphatic heterocycles. The van der Waals surface area contributed by atoms with Crippen LogP contribution in [0, 0.1) is 13.8 Å². The minimum Gasteiger partial charge on any atom is -0.399 e. The number of aryl methyl sites for hydroxylation is 2. The average molecular weight is 287 g/mol. The van der Waals surface area contributed by atoms with E-state index in [1.165, 1.54) is 0 Å². The molecule has 0 fully saturated rings. The number of carbonyl (C=O) groups excluding carboxylic acids is 1. The van der Waals surface area contributed by atoms with Crippen molar-refractivity contribution in [2.24, 2.45) is 7.05 Å². The molecular formula is C15H21N5O. The van der Waals surface area contributed by atoms with Crippen LogP contribution in [0.1, 0.15) is 27.3 Å². The van der Waals surface area contributed by atoms with Crippen molar-refractivity contribution >= 4 is 17.3 Å². The van der Waals surface area contributed by atoms with Crippen LogP contribution < -0.4 is 16.4 Å². The topological polar surface area (TPSA) is 85.0 Å². The fourth-order valence-corrected chi connectivity index (χ4v) is 2.30. The Morgan fingerprint density at radius 3 is 2.67 bits per heavy atom. The number of nitrogens with zero attached hydrogens (tertiary/aromatic N) is 2. The van der Waals surface area contributed by atoms with Gasteiger partial charge in [0.05, 0.1) is 11.3 Å². The second-order valence-electron chi connectivity index (χ2n) is 5.01. The normalized spacial score (nSPS) is 10.5. The van der Waals surface area contributed by atoms with Crippen molar-refractivity contribution in [3.63, 3.8) is 0 Å². The molecule has 1 aromatic heterocycles. The average Bonchev–Trinajstić information content (AvgIpc) is 2.69. The summed E-state index contributed by atoms with van der Waals surface area (Å²) in [4.78, 5) is 11.9. The monoisotopic (exact) mass is 287 g/mol. The zero-order valence-corrected chi connectivity index (χ0v) is 12.8. The Labute approximate surface area is 124 Å². The summed E-state index contributed by atoms with van der Waals surface area (Å²) in [5, 5.41) is 10.3. The molecule has 0 saturated carbocycles. The molecule has 112 valence electrons. The van der Waals surface area contributed by atoms with Crippen LogP contribution in [0.25, 0.3) is 0 Å². The number of nitrogen functional groups attached to an aromatic ring is 1. The van der Waals surface area contributed by atoms with E-state index in [9.17, 15) is 4.79 Å². The van der Waals surface area contributed by atoms with Crippen molar-refractivity contribution < 1.29 is 4.79 Å². The molecule has 0 spiro atoms. The fraction of sp³-hybridized carbons (Fsp3) is 0.333. The van der Waals surface area contributed by atoms with Crippen LogP contribution in [-0.4, -0.2) is 22.7 Å². The van der Waals surface area contributed by atoms with E-state index in [1.807, 2.05) is 25.6 Å². The number of hydrogen-bond acceptors (Lipinski definition) is 4. The number of amides is 1. The van der Waals surface area contributed by atoms with Crippen molar-refractivity contribution in [1.82, 2.24) is 15.1 Å². The zero-order valence-electron chi connectivity index (χ0n) is 12.8. The maximum absolute atomic E-state index is 11.9. The van der Waals surface area contributed by atoms with Gasteiger partial charge in [0, 0.05) is 43.3 Å². The molecule has 6 nitrogen and oxygen atoms in total. The maximum atomic E-state index is 11.9. The smallest absolute Gasteiger partial charge is 0.253 e. The number of hydrogen-bond donors (Lipinski definition) is 3. The van der Waals surface area contributed by atoms with Crippen molar-refractivity contribution in [3.8, 4) is 0 Å². The lowest BCUT2D eigenvalue weighted by Gasteiger charge is -2.12. The molecule has 0 unspecified atom stereocenters. The van der Waals surface area contributed by atoms with Gasteiger partial charge in [0.1, 0.15) is 0 Å². The van der Waals surface area contributed by atoms with Gasteiger partial charge in [-0.05, 0) is 32.0 Å². The third kappa shape index (κ3) is 2.99. The summed E-state index contributed by atoms with van der Waals surface area (Å²) in [7, 11) is 3.53. The molecule has 1 amide bonds. The number of anilines is 2. The van der Waals surface area contributed by atoms with E-state index in [4.69, 9.17) is 5.73 Å². The third-order valence-corrected chi connectivity index (χ3v) is 3.63. The van der Waals surface area contributed by atoms with E-state index >= 15 is 0 Å². The first kappa shape index (κ1) is 14.9. The lowest BCUT2D eigenvalue weighted by molar-refractivity contribution is 0.0964. The van der Waals surface area contributed by atoms with Crippen LogP contribution in [0.3, 0.4) is 0 Å². The highest BCUT2D eigenvalue weighted by Crippen LogP contribution is 2.21. The lowest BCUT2D eigenvalue weighted by atomic mass is 10.1. The molecule has 1 heterocycles. The minimum atomic E-state index is -0.142. The van der Waals surface area contributed by atoms with Gasteiger partial charge in [-0.1, -0.05) is 0 Å². The first-order chi connectivity index (χ1) is 9.93. The second kappa shape index (κ2) is 5.87. The number of benzene rings is 1. The molecular weight excluding hydrogens is 266 g/mol. The summed E-state index contributed by atoms with van der Waals surface area (Å²) < 4.78 is 1.85. The predicted molar refractivity (Wildman–Crippen MR) is 84.3 cm³/mol. The van der Waals surface area contributed by atoms with E-state index in [0.717, 1.165) is 22.6 Å². The van der Waals surface area contributed by atoms with E-state index in [1.54, 1.807) is 25.2 Å². The first-order valence-corrected chi connectivity index (χ1v) is 6.78. The molecule has 2 rings (SSSR count). The van der Waals surface area contributed by atoms with Crippen LogP contribution >= 0.6 is 0 Å². The predicted octanol–water partition coefficient (Wildman–Crippen LogP) is 1.59. The van der Waals surface area contributed by atoms with Gasteiger partial charge in [-0.2, -0.15) is 5.10 Å². The first-order valence-electron chi connectivity index (χ1n) is 6.78. The molecule has 0 aliphatic carbocycles. The Balaban J connectivity index is 2.27. The number of aromatic nitrogens is 2. The Morgan fingerprint density at radius 1 is 1.38 bits per heavy atom. The SMILES string of the molecule is CNC(=O)c1ccc(N)cc1NCc1c(C)nn(C)c1C. The molecule has 0 bridgehead atoms. The molecule has 0 atom stereocenters. The Bertz CT molecular complexity index is 675. The Kier molecular flexibility index (Phi) is 4.16. The van der Waals surface area contributed by atoms with Gasteiger partial charge in [-0.25, -0.2) is 0 Å². The largest absolute Gasteiger partial charge is 0.399 e. The highest BCUT2D eigenvalue weighted by atomic mass is 16.1. The van der Waals surface area contributed by atoms with Crippen LogP contribution in [-0.2, 0) is 13.6 Å². The molecule has 0 aliphatic rings. The summed E-state index contributed by atoms with van der Waals surface area (Å²) >= 11 is 0. The number of rotatable bonds is 4. The number of carbonyl (C=O) groups is 1. The molecule has 0 radical (unpaired) electrons. The van der Waals surface area contributed by atoms with E-state index in [0.29, 0.717) is 17.8 Å². The van der Waals surface area contributed by atoms with Crippen molar-refractivity contribution in [1.29, 1.82) is 0 Å². The van der Waals surface area contributed by atoms with Gasteiger partial charge >= 0.3 is 0 Å². The highest BCUT2D eigenvalue weighted by molar-refractivity contribution is 6.00. The zero-order chi connectivity index (χ0) is 15.6. The molecule has 4 N–H and O–H groups in total. The van der Waals surface area contributed by atoms with Crippen molar-refractivity contribution in [2.75, 3.05) is 18.1 Å². The highest BCUT2D eigenvalue weighted by Gasteiger charge is 2.13. The van der Waals surface area contributed by atoms with Gasteiger partial charge in [0.15, 0.2) is 0 Å². The van der Waals surface area contributed by atoms with Crippen LogP contribution in [0.4, 0.5) is 11.4 Å². The van der Waals surface area contributed by atoms with Crippen LogP contribution in [0.2, 0.25) is 0 Å². The third-order valence-electron chi connectivity index (χ3n) is 3.63. The van der Waals surface area contributed by atoms with Gasteiger partial charge < -0.3 is 16.4 Å².